The van der Waals surface area contributed by atoms with E-state index in [1.807, 2.05) is 0 Å². The van der Waals surface area contributed by atoms with E-state index in [0.717, 1.165) is 16.6 Å². The molecular weight excluding hydrogens is 228 g/mol. The molecule has 1 nitrogen and oxygen atoms in total. The van der Waals surface area contributed by atoms with Crippen LogP contribution in [0.15, 0.2) is 0 Å². The fraction of sp³-hybridized carbons (Fsp3) is 1.00. The molecule has 0 rings (SSSR count). The summed E-state index contributed by atoms with van der Waals surface area (Å²) in [6, 6.07) is 2.58. The van der Waals surface area contributed by atoms with Crippen LogP contribution in [0, 0.1) is 0 Å². The molecule has 0 N–H and O–H groups in total. The van der Waals surface area contributed by atoms with Crippen LogP contribution in [0.4, 0.5) is 0 Å². The maximum atomic E-state index is 6.80. The second-order valence-electron chi connectivity index (χ2n) is 5.87. The van der Waals surface area contributed by atoms with Gasteiger partial charge in [-0.05, 0) is 28.7 Å². The highest BCUT2D eigenvalue weighted by atomic mass is 28.4. The van der Waals surface area contributed by atoms with Crippen LogP contribution in [0.2, 0.25) is 28.7 Å². The van der Waals surface area contributed by atoms with Gasteiger partial charge in [0.25, 0.3) is 0 Å². The van der Waals surface area contributed by atoms with E-state index in [1.54, 1.807) is 0 Å². The van der Waals surface area contributed by atoms with Gasteiger partial charge in [0.2, 0.25) is 0 Å². The second kappa shape index (κ2) is 6.97. The van der Waals surface area contributed by atoms with E-state index in [1.165, 1.54) is 12.1 Å². The van der Waals surface area contributed by atoms with Gasteiger partial charge < -0.3 is 4.12 Å². The molecule has 0 heterocycles. The predicted molar refractivity (Wildman–Crippen MR) is 80.2 cm³/mol. The molecule has 0 aliphatic rings. The standard InChI is InChI=1S/C13H32OSi2/c1-9-15(10-2)14-16(11(3)4,12(5)6)13(7)8/h11-13,15H,9-10H2,1-8H3. The number of hydrogen-bond acceptors (Lipinski definition) is 1. The zero-order valence-corrected chi connectivity index (χ0v) is 14.8. The zero-order chi connectivity index (χ0) is 12.9. The summed E-state index contributed by atoms with van der Waals surface area (Å²) >= 11 is 0. The third kappa shape index (κ3) is 3.44. The molecule has 0 aromatic heterocycles. The highest BCUT2D eigenvalue weighted by molar-refractivity contribution is 6.83. The maximum Gasteiger partial charge on any atom is 0.187 e. The van der Waals surface area contributed by atoms with Gasteiger partial charge in [0.15, 0.2) is 17.4 Å². The summed E-state index contributed by atoms with van der Waals surface area (Å²) < 4.78 is 6.80. The van der Waals surface area contributed by atoms with Gasteiger partial charge in [0.1, 0.15) is 0 Å². The smallest absolute Gasteiger partial charge is 0.187 e. The Kier molecular flexibility index (Phi) is 7.14. The summed E-state index contributed by atoms with van der Waals surface area (Å²) in [5, 5.41) is 0. The predicted octanol–water partition coefficient (Wildman–Crippen LogP) is 4.94. The summed E-state index contributed by atoms with van der Waals surface area (Å²) in [6.45, 7) is 18.9. The molecule has 0 fully saturated rings. The van der Waals surface area contributed by atoms with E-state index in [2.05, 4.69) is 55.4 Å². The van der Waals surface area contributed by atoms with E-state index >= 15 is 0 Å². The lowest BCUT2D eigenvalue weighted by Crippen LogP contribution is -2.51. The molecule has 3 heteroatoms. The highest BCUT2D eigenvalue weighted by Crippen LogP contribution is 2.43. The quantitative estimate of drug-likeness (QED) is 0.589. The molecule has 0 aromatic rings. The first-order valence-electron chi connectivity index (χ1n) is 7.00. The van der Waals surface area contributed by atoms with Gasteiger partial charge in [-0.3, -0.25) is 0 Å². The minimum Gasteiger partial charge on any atom is -0.457 e. The van der Waals surface area contributed by atoms with Crippen molar-refractivity contribution in [2.45, 2.75) is 84.1 Å². The molecule has 0 unspecified atom stereocenters. The normalized spacial score (nSPS) is 13.5. The Morgan fingerprint density at radius 2 is 1.12 bits per heavy atom. The largest absolute Gasteiger partial charge is 0.457 e. The molecule has 0 aliphatic carbocycles. The molecule has 0 saturated heterocycles. The molecule has 0 amide bonds. The van der Waals surface area contributed by atoms with Gasteiger partial charge in [0, 0.05) is 0 Å². The first-order valence-corrected chi connectivity index (χ1v) is 11.2. The first kappa shape index (κ1) is 16.4. The van der Waals surface area contributed by atoms with Crippen molar-refractivity contribution in [1.82, 2.24) is 0 Å². The van der Waals surface area contributed by atoms with Crippen molar-refractivity contribution in [1.29, 1.82) is 0 Å². The maximum absolute atomic E-state index is 6.80. The third-order valence-corrected chi connectivity index (χ3v) is 14.2. The second-order valence-corrected chi connectivity index (χ2v) is 14.9. The minimum atomic E-state index is -1.57. The summed E-state index contributed by atoms with van der Waals surface area (Å²) in [6.07, 6.45) is 0. The lowest BCUT2D eigenvalue weighted by Gasteiger charge is -2.44. The number of rotatable bonds is 7. The Morgan fingerprint density at radius 1 is 0.812 bits per heavy atom. The molecule has 0 radical (unpaired) electrons. The van der Waals surface area contributed by atoms with E-state index < -0.39 is 17.4 Å². The highest BCUT2D eigenvalue weighted by Gasteiger charge is 2.45. The average molecular weight is 261 g/mol. The van der Waals surface area contributed by atoms with Gasteiger partial charge in [-0.1, -0.05) is 55.4 Å². The van der Waals surface area contributed by atoms with E-state index in [-0.39, 0.29) is 0 Å². The van der Waals surface area contributed by atoms with Crippen molar-refractivity contribution in [3.05, 3.63) is 0 Å². The van der Waals surface area contributed by atoms with Crippen molar-refractivity contribution in [2.24, 2.45) is 0 Å². The third-order valence-electron chi connectivity index (χ3n) is 3.99. The summed E-state index contributed by atoms with van der Waals surface area (Å²) in [7, 11) is -2.49. The fourth-order valence-electron chi connectivity index (χ4n) is 3.15. The van der Waals surface area contributed by atoms with Crippen LogP contribution in [-0.2, 0) is 4.12 Å². The van der Waals surface area contributed by atoms with Crippen LogP contribution >= 0.6 is 0 Å². The van der Waals surface area contributed by atoms with Gasteiger partial charge in [-0.2, -0.15) is 0 Å². The van der Waals surface area contributed by atoms with Crippen molar-refractivity contribution < 1.29 is 4.12 Å². The van der Waals surface area contributed by atoms with Crippen LogP contribution in [0.1, 0.15) is 55.4 Å². The van der Waals surface area contributed by atoms with Crippen molar-refractivity contribution in [2.75, 3.05) is 0 Å². The molecule has 0 spiro atoms. The molecule has 0 aromatic carbocycles. The van der Waals surface area contributed by atoms with E-state index in [0.29, 0.717) is 0 Å². The van der Waals surface area contributed by atoms with E-state index in [4.69, 9.17) is 4.12 Å². The van der Waals surface area contributed by atoms with Crippen LogP contribution in [0.5, 0.6) is 0 Å². The Morgan fingerprint density at radius 3 is 1.31 bits per heavy atom. The van der Waals surface area contributed by atoms with Crippen molar-refractivity contribution >= 4 is 17.4 Å². The molecular formula is C13H32OSi2. The summed E-state index contributed by atoms with van der Waals surface area (Å²) in [5.41, 5.74) is 2.21. The van der Waals surface area contributed by atoms with E-state index in [9.17, 15) is 0 Å². The molecule has 0 bridgehead atoms. The SMILES string of the molecule is CC[SiH](CC)O[Si](C(C)C)(C(C)C)C(C)C. The Labute approximate surface area is 106 Å². The van der Waals surface area contributed by atoms with Gasteiger partial charge >= 0.3 is 0 Å². The summed E-state index contributed by atoms with van der Waals surface area (Å²) in [4.78, 5) is 0. The lowest BCUT2D eigenvalue weighted by molar-refractivity contribution is 0.485. The number of hydrogen-bond donors (Lipinski definition) is 0. The van der Waals surface area contributed by atoms with Crippen LogP contribution in [-0.4, -0.2) is 17.4 Å². The van der Waals surface area contributed by atoms with Gasteiger partial charge in [-0.25, -0.2) is 0 Å². The van der Waals surface area contributed by atoms with Crippen LogP contribution in [0.25, 0.3) is 0 Å². The topological polar surface area (TPSA) is 9.23 Å². The Balaban J connectivity index is 5.04. The Bertz CT molecular complexity index is 165. The lowest BCUT2D eigenvalue weighted by atomic mass is 10.5. The Hall–Kier alpha value is 0.394. The van der Waals surface area contributed by atoms with Crippen molar-refractivity contribution in [3.8, 4) is 0 Å². The van der Waals surface area contributed by atoms with Crippen molar-refractivity contribution in [3.63, 3.8) is 0 Å². The van der Waals surface area contributed by atoms with Gasteiger partial charge in [-0.15, -0.1) is 0 Å². The monoisotopic (exact) mass is 260 g/mol. The molecule has 0 saturated carbocycles. The summed E-state index contributed by atoms with van der Waals surface area (Å²) in [5.74, 6) is 0. The fourth-order valence-corrected chi connectivity index (χ4v) is 14.6. The first-order chi connectivity index (χ1) is 7.32. The van der Waals surface area contributed by atoms with Crippen LogP contribution < -0.4 is 0 Å². The molecule has 98 valence electrons. The molecule has 0 aliphatic heterocycles. The molecule has 16 heavy (non-hydrogen) atoms. The van der Waals surface area contributed by atoms with Crippen LogP contribution in [0.3, 0.4) is 0 Å². The van der Waals surface area contributed by atoms with Gasteiger partial charge in [0.05, 0.1) is 0 Å². The minimum absolute atomic E-state index is 0.737. The average Bonchev–Trinajstić information content (AvgIpc) is 2.18. The molecule has 0 atom stereocenters. The zero-order valence-electron chi connectivity index (χ0n) is 12.6.